The number of likely N-dealkylation sites (tertiary alicyclic amines) is 1. The molecule has 2 N–H and O–H groups in total. The first kappa shape index (κ1) is 23.3. The fourth-order valence-electron chi connectivity index (χ4n) is 4.30. The third kappa shape index (κ3) is 5.86. The SMILES string of the molecule is COc1ccc(C2C(CNC(=O)C(NC(=O)c3cccs3)C(C)C)CCCN2C)cc1. The predicted molar refractivity (Wildman–Crippen MR) is 125 cm³/mol. The summed E-state index contributed by atoms with van der Waals surface area (Å²) in [5.74, 6) is 0.819. The quantitative estimate of drug-likeness (QED) is 0.653. The van der Waals surface area contributed by atoms with Crippen molar-refractivity contribution in [2.45, 2.75) is 38.8 Å². The number of benzene rings is 1. The topological polar surface area (TPSA) is 70.7 Å². The second-order valence-corrected chi connectivity index (χ2v) is 9.47. The average molecular weight is 444 g/mol. The van der Waals surface area contributed by atoms with E-state index in [0.29, 0.717) is 17.3 Å². The number of rotatable bonds is 8. The van der Waals surface area contributed by atoms with Crippen molar-refractivity contribution in [3.63, 3.8) is 0 Å². The van der Waals surface area contributed by atoms with Gasteiger partial charge in [-0.25, -0.2) is 0 Å². The lowest BCUT2D eigenvalue weighted by Crippen LogP contribution is -2.51. The highest BCUT2D eigenvalue weighted by Gasteiger charge is 2.32. The largest absolute Gasteiger partial charge is 0.497 e. The van der Waals surface area contributed by atoms with Gasteiger partial charge in [-0.3, -0.25) is 14.5 Å². The van der Waals surface area contributed by atoms with E-state index in [1.807, 2.05) is 37.4 Å². The van der Waals surface area contributed by atoms with E-state index in [0.717, 1.165) is 25.1 Å². The van der Waals surface area contributed by atoms with Gasteiger partial charge < -0.3 is 15.4 Å². The van der Waals surface area contributed by atoms with Gasteiger partial charge >= 0.3 is 0 Å². The van der Waals surface area contributed by atoms with Crippen molar-refractivity contribution in [1.29, 1.82) is 0 Å². The monoisotopic (exact) mass is 443 g/mol. The number of piperidine rings is 1. The lowest BCUT2D eigenvalue weighted by Gasteiger charge is -2.40. The second-order valence-electron chi connectivity index (χ2n) is 8.52. The Labute approximate surface area is 189 Å². The van der Waals surface area contributed by atoms with Crippen molar-refractivity contribution in [3.05, 3.63) is 52.2 Å². The van der Waals surface area contributed by atoms with Gasteiger partial charge in [-0.15, -0.1) is 11.3 Å². The van der Waals surface area contributed by atoms with Gasteiger partial charge in [0.05, 0.1) is 12.0 Å². The Morgan fingerprint density at radius 2 is 1.97 bits per heavy atom. The summed E-state index contributed by atoms with van der Waals surface area (Å²) in [4.78, 5) is 28.4. The summed E-state index contributed by atoms with van der Waals surface area (Å²) >= 11 is 1.38. The standard InChI is InChI=1S/C24H33N3O3S/c1-16(2)21(26-23(28)20-8-6-14-31-20)24(29)25-15-18-7-5-13-27(3)22(18)17-9-11-19(30-4)12-10-17/h6,8-12,14,16,18,21-22H,5,7,13,15H2,1-4H3,(H,25,29)(H,26,28). The van der Waals surface area contributed by atoms with Crippen LogP contribution in [0.1, 0.15) is 48.0 Å². The molecular formula is C24H33N3O3S. The van der Waals surface area contributed by atoms with E-state index in [4.69, 9.17) is 4.74 Å². The number of carbonyl (C=O) groups is 2. The maximum atomic E-state index is 13.0. The minimum Gasteiger partial charge on any atom is -0.497 e. The van der Waals surface area contributed by atoms with Crippen LogP contribution >= 0.6 is 11.3 Å². The molecule has 1 aromatic carbocycles. The molecule has 7 heteroatoms. The minimum atomic E-state index is -0.560. The zero-order valence-electron chi connectivity index (χ0n) is 18.8. The summed E-state index contributed by atoms with van der Waals surface area (Å²) in [5.41, 5.74) is 1.23. The Hall–Kier alpha value is -2.38. The van der Waals surface area contributed by atoms with Gasteiger partial charge in [0.1, 0.15) is 11.8 Å². The summed E-state index contributed by atoms with van der Waals surface area (Å²) in [5, 5.41) is 7.89. The molecule has 0 spiro atoms. The third-order valence-corrected chi connectivity index (χ3v) is 6.85. The van der Waals surface area contributed by atoms with E-state index >= 15 is 0 Å². The molecule has 2 aromatic rings. The van der Waals surface area contributed by atoms with Crippen LogP contribution in [-0.4, -0.2) is 50.0 Å². The molecule has 3 rings (SSSR count). The lowest BCUT2D eigenvalue weighted by molar-refractivity contribution is -0.124. The van der Waals surface area contributed by atoms with Crippen molar-refractivity contribution in [3.8, 4) is 5.75 Å². The summed E-state index contributed by atoms with van der Waals surface area (Å²) in [6.45, 7) is 5.52. The van der Waals surface area contributed by atoms with Gasteiger partial charge in [-0.05, 0) is 67.4 Å². The molecular weight excluding hydrogens is 410 g/mol. The van der Waals surface area contributed by atoms with E-state index in [9.17, 15) is 9.59 Å². The first-order chi connectivity index (χ1) is 14.9. The Bertz CT molecular complexity index is 851. The fourth-order valence-corrected chi connectivity index (χ4v) is 4.92. The van der Waals surface area contributed by atoms with Gasteiger partial charge in [0, 0.05) is 12.6 Å². The van der Waals surface area contributed by atoms with Crippen LogP contribution in [0, 0.1) is 11.8 Å². The van der Waals surface area contributed by atoms with E-state index < -0.39 is 6.04 Å². The van der Waals surface area contributed by atoms with Gasteiger partial charge in [-0.1, -0.05) is 32.0 Å². The van der Waals surface area contributed by atoms with E-state index in [1.165, 1.54) is 16.9 Å². The molecule has 31 heavy (non-hydrogen) atoms. The highest BCUT2D eigenvalue weighted by Crippen LogP contribution is 2.35. The molecule has 0 radical (unpaired) electrons. The number of carbonyl (C=O) groups excluding carboxylic acids is 2. The van der Waals surface area contributed by atoms with Crippen molar-refractivity contribution >= 4 is 23.2 Å². The van der Waals surface area contributed by atoms with Gasteiger partial charge in [0.25, 0.3) is 5.91 Å². The molecule has 3 unspecified atom stereocenters. The second kappa shape index (κ2) is 10.8. The highest BCUT2D eigenvalue weighted by atomic mass is 32.1. The van der Waals surface area contributed by atoms with Crippen molar-refractivity contribution in [1.82, 2.24) is 15.5 Å². The number of thiophene rings is 1. The van der Waals surface area contributed by atoms with Crippen molar-refractivity contribution in [2.75, 3.05) is 27.2 Å². The smallest absolute Gasteiger partial charge is 0.262 e. The van der Waals surface area contributed by atoms with Crippen LogP contribution in [-0.2, 0) is 4.79 Å². The average Bonchev–Trinajstić information content (AvgIpc) is 3.31. The molecule has 1 fully saturated rings. The van der Waals surface area contributed by atoms with Crippen LogP contribution in [0.3, 0.4) is 0 Å². The number of amides is 2. The van der Waals surface area contributed by atoms with Gasteiger partial charge in [0.2, 0.25) is 5.91 Å². The number of methoxy groups -OCH3 is 1. The van der Waals surface area contributed by atoms with Gasteiger partial charge in [0.15, 0.2) is 0 Å². The minimum absolute atomic E-state index is 0.00433. The summed E-state index contributed by atoms with van der Waals surface area (Å²) < 4.78 is 5.29. The van der Waals surface area contributed by atoms with Crippen molar-refractivity contribution < 1.29 is 14.3 Å². The summed E-state index contributed by atoms with van der Waals surface area (Å²) in [6.07, 6.45) is 2.15. The first-order valence-electron chi connectivity index (χ1n) is 10.9. The molecule has 168 valence electrons. The fraction of sp³-hybridized carbons (Fsp3) is 0.500. The maximum Gasteiger partial charge on any atom is 0.262 e. The lowest BCUT2D eigenvalue weighted by atomic mass is 9.84. The summed E-state index contributed by atoms with van der Waals surface area (Å²) in [6, 6.07) is 11.5. The van der Waals surface area contributed by atoms with Crippen molar-refractivity contribution in [2.24, 2.45) is 11.8 Å². The first-order valence-corrected chi connectivity index (χ1v) is 11.7. The maximum absolute atomic E-state index is 13.0. The van der Waals surface area contributed by atoms with E-state index in [2.05, 4.69) is 34.7 Å². The van der Waals surface area contributed by atoms with Crippen LogP contribution in [0.25, 0.3) is 0 Å². The van der Waals surface area contributed by atoms with Crippen LogP contribution < -0.4 is 15.4 Å². The molecule has 2 heterocycles. The molecule has 1 aliphatic rings. The molecule has 1 aliphatic heterocycles. The predicted octanol–water partition coefficient (Wildman–Crippen LogP) is 3.71. The van der Waals surface area contributed by atoms with Gasteiger partial charge in [-0.2, -0.15) is 0 Å². The zero-order valence-corrected chi connectivity index (χ0v) is 19.6. The third-order valence-electron chi connectivity index (χ3n) is 5.98. The number of ether oxygens (including phenoxy) is 1. The van der Waals surface area contributed by atoms with Crippen LogP contribution in [0.4, 0.5) is 0 Å². The van der Waals surface area contributed by atoms with E-state index in [1.54, 1.807) is 13.2 Å². The number of hydrogen-bond acceptors (Lipinski definition) is 5. The highest BCUT2D eigenvalue weighted by molar-refractivity contribution is 7.12. The number of nitrogens with zero attached hydrogens (tertiary/aromatic N) is 1. The molecule has 3 atom stereocenters. The molecule has 1 saturated heterocycles. The molecule has 2 amide bonds. The molecule has 0 saturated carbocycles. The molecule has 0 bridgehead atoms. The molecule has 0 aliphatic carbocycles. The van der Waals surface area contributed by atoms with Crippen LogP contribution in [0.5, 0.6) is 5.75 Å². The molecule has 1 aromatic heterocycles. The number of hydrogen-bond donors (Lipinski definition) is 2. The summed E-state index contributed by atoms with van der Waals surface area (Å²) in [7, 11) is 3.81. The normalized spacial score (nSPS) is 20.3. The Morgan fingerprint density at radius 1 is 1.23 bits per heavy atom. The Morgan fingerprint density at radius 3 is 2.58 bits per heavy atom. The molecule has 6 nitrogen and oxygen atoms in total. The zero-order chi connectivity index (χ0) is 22.4. The van der Waals surface area contributed by atoms with Crippen LogP contribution in [0.15, 0.2) is 41.8 Å². The Balaban J connectivity index is 1.65. The van der Waals surface area contributed by atoms with E-state index in [-0.39, 0.29) is 23.8 Å². The number of nitrogens with one attached hydrogen (secondary N) is 2. The Kier molecular flexibility index (Phi) is 8.09. The van der Waals surface area contributed by atoms with Crippen LogP contribution in [0.2, 0.25) is 0 Å².